The van der Waals surface area contributed by atoms with Gasteiger partial charge in [-0.3, -0.25) is 14.5 Å². The molecule has 2 aliphatic rings. The Balaban J connectivity index is 2.43. The molecular formula is C10H10N2O7S. The second-order valence-electron chi connectivity index (χ2n) is 4.18. The third-order valence-electron chi connectivity index (χ3n) is 2.90. The molecule has 0 aromatic rings. The van der Waals surface area contributed by atoms with Crippen molar-refractivity contribution in [1.82, 2.24) is 4.90 Å². The number of esters is 1. The number of aliphatic carboxylic acids is 2. The minimum atomic E-state index is -2.16. The molecule has 0 aliphatic carbocycles. The van der Waals surface area contributed by atoms with Gasteiger partial charge in [-0.2, -0.15) is 0 Å². The van der Waals surface area contributed by atoms with Crippen molar-refractivity contribution < 1.29 is 34.1 Å². The SMILES string of the molecule is CC(=O)OC1=C(C(=O)O)N2C(=O)C(N)(C(=O)O)[C@H]2SC1. The lowest BCUT2D eigenvalue weighted by Crippen LogP contribution is -2.81. The summed E-state index contributed by atoms with van der Waals surface area (Å²) < 4.78 is 4.75. The lowest BCUT2D eigenvalue weighted by atomic mass is 9.88. The highest BCUT2D eigenvalue weighted by Crippen LogP contribution is 2.45. The molecule has 2 atom stereocenters. The summed E-state index contributed by atoms with van der Waals surface area (Å²) >= 11 is 0.924. The number of carboxylic acids is 2. The molecule has 0 aromatic heterocycles. The van der Waals surface area contributed by atoms with Crippen LogP contribution in [0.1, 0.15) is 6.92 Å². The van der Waals surface area contributed by atoms with E-state index in [9.17, 15) is 19.2 Å². The first-order chi connectivity index (χ1) is 9.21. The lowest BCUT2D eigenvalue weighted by Gasteiger charge is -2.52. The Hall–Kier alpha value is -2.07. The van der Waals surface area contributed by atoms with Crippen molar-refractivity contribution in [3.05, 3.63) is 11.5 Å². The number of thioether (sulfide) groups is 1. The molecule has 2 rings (SSSR count). The Kier molecular flexibility index (Phi) is 3.22. The van der Waals surface area contributed by atoms with Crippen LogP contribution in [0.4, 0.5) is 0 Å². The molecular weight excluding hydrogens is 292 g/mol. The van der Waals surface area contributed by atoms with Gasteiger partial charge in [0.15, 0.2) is 5.70 Å². The molecule has 0 spiro atoms. The number of carbonyl (C=O) groups is 4. The van der Waals surface area contributed by atoms with Gasteiger partial charge in [-0.1, -0.05) is 0 Å². The number of hydrogen-bond donors (Lipinski definition) is 3. The third kappa shape index (κ3) is 1.76. The summed E-state index contributed by atoms with van der Waals surface area (Å²) in [6.45, 7) is 1.09. The minimum absolute atomic E-state index is 0.0676. The van der Waals surface area contributed by atoms with E-state index in [0.717, 1.165) is 23.6 Å². The molecule has 2 heterocycles. The summed E-state index contributed by atoms with van der Waals surface area (Å²) in [7, 11) is 0. The zero-order valence-corrected chi connectivity index (χ0v) is 11.0. The van der Waals surface area contributed by atoms with Gasteiger partial charge in [-0.25, -0.2) is 9.59 Å². The number of nitrogens with two attached hydrogens (primary N) is 1. The van der Waals surface area contributed by atoms with Crippen LogP contribution in [0.15, 0.2) is 11.5 Å². The normalized spacial score (nSPS) is 28.6. The van der Waals surface area contributed by atoms with Gasteiger partial charge >= 0.3 is 17.9 Å². The van der Waals surface area contributed by atoms with E-state index in [1.165, 1.54) is 0 Å². The van der Waals surface area contributed by atoms with E-state index in [-0.39, 0.29) is 11.5 Å². The van der Waals surface area contributed by atoms with Crippen molar-refractivity contribution >= 4 is 35.6 Å². The van der Waals surface area contributed by atoms with Crippen LogP contribution in [0.5, 0.6) is 0 Å². The van der Waals surface area contributed by atoms with E-state index in [1.54, 1.807) is 0 Å². The number of β-lactam (4-membered cyclic amide) rings is 1. The molecule has 0 radical (unpaired) electrons. The second kappa shape index (κ2) is 4.49. The Labute approximate surface area is 116 Å². The van der Waals surface area contributed by atoms with Gasteiger partial charge in [0.25, 0.3) is 5.91 Å². The Morgan fingerprint density at radius 3 is 2.50 bits per heavy atom. The summed E-state index contributed by atoms with van der Waals surface area (Å²) in [6, 6.07) is 0. The van der Waals surface area contributed by atoms with E-state index >= 15 is 0 Å². The maximum Gasteiger partial charge on any atom is 0.356 e. The molecule has 0 saturated carbocycles. The topological polar surface area (TPSA) is 147 Å². The first-order valence-electron chi connectivity index (χ1n) is 5.33. The first-order valence-corrected chi connectivity index (χ1v) is 6.38. The van der Waals surface area contributed by atoms with Crippen LogP contribution in [0.3, 0.4) is 0 Å². The fourth-order valence-corrected chi connectivity index (χ4v) is 3.32. The quantitative estimate of drug-likeness (QED) is 0.323. The molecule has 20 heavy (non-hydrogen) atoms. The van der Waals surface area contributed by atoms with Crippen LogP contribution in [0.25, 0.3) is 0 Å². The highest BCUT2D eigenvalue weighted by molar-refractivity contribution is 8.00. The number of fused-ring (bicyclic) bond motifs is 1. The number of ether oxygens (including phenoxy) is 1. The number of carbonyl (C=O) groups excluding carboxylic acids is 2. The summed E-state index contributed by atoms with van der Waals surface area (Å²) in [5.74, 6) is -5.08. The standard InChI is InChI=1S/C10H10N2O7S/c1-3(13)19-4-2-20-8-10(11,9(17)18)7(16)12(8)5(4)6(14)15/h8H,2,11H2,1H3,(H,14,15)(H,17,18)/t8-,10?/m1/s1. The van der Waals surface area contributed by atoms with Crippen LogP contribution < -0.4 is 5.73 Å². The fraction of sp³-hybridized carbons (Fsp3) is 0.400. The lowest BCUT2D eigenvalue weighted by molar-refractivity contribution is -0.168. The molecule has 1 saturated heterocycles. The molecule has 1 fully saturated rings. The number of rotatable bonds is 3. The molecule has 10 heteroatoms. The van der Waals surface area contributed by atoms with Crippen molar-refractivity contribution in [1.29, 1.82) is 0 Å². The number of hydrogen-bond acceptors (Lipinski definition) is 7. The smallest absolute Gasteiger partial charge is 0.356 e. The summed E-state index contributed by atoms with van der Waals surface area (Å²) in [5, 5.41) is 17.1. The Morgan fingerprint density at radius 1 is 1.45 bits per heavy atom. The molecule has 0 bridgehead atoms. The van der Waals surface area contributed by atoms with Gasteiger partial charge in [0, 0.05) is 6.92 Å². The van der Waals surface area contributed by atoms with Gasteiger partial charge in [-0.05, 0) is 0 Å². The summed E-state index contributed by atoms with van der Waals surface area (Å²) in [4.78, 5) is 45.8. The van der Waals surface area contributed by atoms with Crippen molar-refractivity contribution in [3.8, 4) is 0 Å². The largest absolute Gasteiger partial charge is 0.479 e. The number of amides is 1. The number of carboxylic acid groups (broad SMARTS) is 2. The fourth-order valence-electron chi connectivity index (χ4n) is 2.00. The maximum atomic E-state index is 11.9. The van der Waals surface area contributed by atoms with Gasteiger partial charge in [0.1, 0.15) is 11.1 Å². The van der Waals surface area contributed by atoms with Crippen molar-refractivity contribution in [3.63, 3.8) is 0 Å². The molecule has 1 unspecified atom stereocenters. The molecule has 4 N–H and O–H groups in total. The molecule has 108 valence electrons. The van der Waals surface area contributed by atoms with Crippen LogP contribution >= 0.6 is 11.8 Å². The first kappa shape index (κ1) is 14.3. The molecule has 0 aromatic carbocycles. The number of nitrogens with zero attached hydrogens (tertiary/aromatic N) is 1. The van der Waals surface area contributed by atoms with E-state index in [4.69, 9.17) is 20.7 Å². The molecule has 9 nitrogen and oxygen atoms in total. The zero-order valence-electron chi connectivity index (χ0n) is 10.2. The minimum Gasteiger partial charge on any atom is -0.479 e. The van der Waals surface area contributed by atoms with E-state index < -0.39 is 40.4 Å². The monoisotopic (exact) mass is 302 g/mol. The van der Waals surface area contributed by atoms with Gasteiger partial charge in [0.05, 0.1) is 5.75 Å². The van der Waals surface area contributed by atoms with Crippen molar-refractivity contribution in [2.45, 2.75) is 17.8 Å². The summed E-state index contributed by atoms with van der Waals surface area (Å²) in [5.41, 5.74) is 2.81. The van der Waals surface area contributed by atoms with Crippen molar-refractivity contribution in [2.75, 3.05) is 5.75 Å². The predicted octanol–water partition coefficient (Wildman–Crippen LogP) is -1.46. The average Bonchev–Trinajstić information content (AvgIpc) is 2.35. The second-order valence-corrected chi connectivity index (χ2v) is 5.25. The maximum absolute atomic E-state index is 11.9. The predicted molar refractivity (Wildman–Crippen MR) is 64.1 cm³/mol. The highest BCUT2D eigenvalue weighted by atomic mass is 32.2. The van der Waals surface area contributed by atoms with E-state index in [1.807, 2.05) is 0 Å². The average molecular weight is 302 g/mol. The zero-order chi connectivity index (χ0) is 15.2. The van der Waals surface area contributed by atoms with Crippen LogP contribution in [0.2, 0.25) is 0 Å². The molecule has 2 aliphatic heterocycles. The van der Waals surface area contributed by atoms with Gasteiger partial charge < -0.3 is 20.7 Å². The van der Waals surface area contributed by atoms with Gasteiger partial charge in [0.2, 0.25) is 5.54 Å². The summed E-state index contributed by atoms with van der Waals surface area (Å²) in [6.07, 6.45) is 0. The van der Waals surface area contributed by atoms with Gasteiger partial charge in [-0.15, -0.1) is 11.8 Å². The van der Waals surface area contributed by atoms with E-state index in [0.29, 0.717) is 0 Å². The Morgan fingerprint density at radius 2 is 2.05 bits per heavy atom. The van der Waals surface area contributed by atoms with E-state index in [2.05, 4.69) is 0 Å². The Bertz CT molecular complexity index is 572. The van der Waals surface area contributed by atoms with Crippen LogP contribution in [-0.2, 0) is 23.9 Å². The van der Waals surface area contributed by atoms with Crippen LogP contribution in [0, 0.1) is 0 Å². The van der Waals surface area contributed by atoms with Crippen molar-refractivity contribution in [2.24, 2.45) is 5.73 Å². The van der Waals surface area contributed by atoms with Crippen LogP contribution in [-0.4, -0.2) is 55.6 Å². The molecule has 1 amide bonds. The highest BCUT2D eigenvalue weighted by Gasteiger charge is 2.67. The third-order valence-corrected chi connectivity index (χ3v) is 4.22.